The lowest BCUT2D eigenvalue weighted by molar-refractivity contribution is -0.174. The number of halogens is 2. The standard InChI is InChI=1S/C21H24F2O5/c1-18-5-6-20(23)12(11(18)3-4-21(18,28)17(27)10-24)7-14(22)13-8-15(25)16(26)9-19(13,20)2/h7-8,11-12,24,28H,3-6,9-10H2,1-2H3/t11-,12-,18-,19-,20+,21-/m0/s1. The van der Waals surface area contributed by atoms with Crippen molar-refractivity contribution in [2.24, 2.45) is 22.7 Å². The highest BCUT2D eigenvalue weighted by Gasteiger charge is 2.71. The molecule has 0 amide bonds. The summed E-state index contributed by atoms with van der Waals surface area (Å²) in [4.78, 5) is 36.2. The number of hydrogen-bond donors (Lipinski definition) is 2. The van der Waals surface area contributed by atoms with E-state index in [9.17, 15) is 29.0 Å². The van der Waals surface area contributed by atoms with Gasteiger partial charge in [-0.3, -0.25) is 14.4 Å². The lowest BCUT2D eigenvalue weighted by Gasteiger charge is -2.59. The summed E-state index contributed by atoms with van der Waals surface area (Å²) in [5.74, 6) is -4.42. The summed E-state index contributed by atoms with van der Waals surface area (Å²) in [6.07, 6.45) is 2.16. The van der Waals surface area contributed by atoms with E-state index >= 15 is 4.39 Å². The molecule has 0 bridgehead atoms. The van der Waals surface area contributed by atoms with Crippen molar-refractivity contribution in [3.8, 4) is 0 Å². The molecule has 0 heterocycles. The number of hydrogen-bond acceptors (Lipinski definition) is 5. The van der Waals surface area contributed by atoms with E-state index in [1.807, 2.05) is 0 Å². The van der Waals surface area contributed by atoms with E-state index in [0.29, 0.717) is 6.42 Å². The van der Waals surface area contributed by atoms with Crippen molar-refractivity contribution in [3.05, 3.63) is 23.6 Å². The van der Waals surface area contributed by atoms with Crippen molar-refractivity contribution in [1.82, 2.24) is 0 Å². The van der Waals surface area contributed by atoms with Gasteiger partial charge in [0.15, 0.2) is 5.78 Å². The second-order valence-electron chi connectivity index (χ2n) is 9.26. The topological polar surface area (TPSA) is 91.7 Å². The smallest absolute Gasteiger partial charge is 0.221 e. The molecule has 4 aliphatic carbocycles. The van der Waals surface area contributed by atoms with E-state index in [0.717, 1.165) is 6.08 Å². The maximum atomic E-state index is 16.6. The van der Waals surface area contributed by atoms with Gasteiger partial charge in [0.25, 0.3) is 0 Å². The molecule has 4 rings (SSSR count). The molecule has 0 aromatic carbocycles. The molecule has 0 radical (unpaired) electrons. The van der Waals surface area contributed by atoms with Crippen LogP contribution in [0.4, 0.5) is 8.78 Å². The maximum absolute atomic E-state index is 16.6. The number of fused-ring (bicyclic) bond motifs is 5. The third kappa shape index (κ3) is 2.04. The van der Waals surface area contributed by atoms with E-state index in [1.54, 1.807) is 6.92 Å². The fourth-order valence-corrected chi connectivity index (χ4v) is 6.48. The van der Waals surface area contributed by atoms with E-state index in [2.05, 4.69) is 0 Å². The summed E-state index contributed by atoms with van der Waals surface area (Å²) in [5, 5.41) is 20.4. The Labute approximate surface area is 161 Å². The van der Waals surface area contributed by atoms with Crippen LogP contribution in [0.5, 0.6) is 0 Å². The largest absolute Gasteiger partial charge is 0.388 e. The Balaban J connectivity index is 1.85. The Morgan fingerprint density at radius 3 is 2.57 bits per heavy atom. The Kier molecular flexibility index (Phi) is 3.96. The van der Waals surface area contributed by atoms with Crippen LogP contribution in [-0.2, 0) is 14.4 Å². The van der Waals surface area contributed by atoms with Crippen LogP contribution in [0, 0.1) is 22.7 Å². The van der Waals surface area contributed by atoms with Gasteiger partial charge < -0.3 is 10.2 Å². The van der Waals surface area contributed by atoms with E-state index in [-0.39, 0.29) is 24.8 Å². The van der Waals surface area contributed by atoms with Gasteiger partial charge in [0.05, 0.1) is 0 Å². The van der Waals surface area contributed by atoms with Crippen LogP contribution in [0.25, 0.3) is 0 Å². The van der Waals surface area contributed by atoms with Crippen molar-refractivity contribution in [1.29, 1.82) is 0 Å². The number of allylic oxidation sites excluding steroid dienone is 4. The number of alkyl halides is 1. The van der Waals surface area contributed by atoms with Crippen molar-refractivity contribution in [2.45, 2.75) is 57.2 Å². The predicted molar refractivity (Wildman–Crippen MR) is 94.4 cm³/mol. The van der Waals surface area contributed by atoms with Crippen LogP contribution < -0.4 is 0 Å². The first-order valence-electron chi connectivity index (χ1n) is 9.67. The molecule has 7 heteroatoms. The molecule has 28 heavy (non-hydrogen) atoms. The monoisotopic (exact) mass is 394 g/mol. The normalized spacial score (nSPS) is 47.6. The molecular weight excluding hydrogens is 370 g/mol. The molecule has 6 atom stereocenters. The Hall–Kier alpha value is -1.73. The van der Waals surface area contributed by atoms with Gasteiger partial charge in [-0.25, -0.2) is 8.78 Å². The fraction of sp³-hybridized carbons (Fsp3) is 0.667. The zero-order chi connectivity index (χ0) is 20.7. The highest BCUT2D eigenvalue weighted by molar-refractivity contribution is 6.42. The second-order valence-corrected chi connectivity index (χ2v) is 9.26. The molecule has 0 spiro atoms. The first kappa shape index (κ1) is 19.6. The third-order valence-electron chi connectivity index (χ3n) is 8.31. The van der Waals surface area contributed by atoms with Gasteiger partial charge in [-0.2, -0.15) is 0 Å². The lowest BCUT2D eigenvalue weighted by atomic mass is 9.46. The van der Waals surface area contributed by atoms with Gasteiger partial charge in [0, 0.05) is 28.7 Å². The van der Waals surface area contributed by atoms with Crippen LogP contribution in [0.15, 0.2) is 23.6 Å². The first-order valence-corrected chi connectivity index (χ1v) is 9.67. The molecule has 2 N–H and O–H groups in total. The van der Waals surface area contributed by atoms with Crippen molar-refractivity contribution in [2.75, 3.05) is 6.61 Å². The van der Waals surface area contributed by atoms with E-state index in [1.165, 1.54) is 13.0 Å². The summed E-state index contributed by atoms with van der Waals surface area (Å²) in [7, 11) is 0. The van der Waals surface area contributed by atoms with Crippen molar-refractivity contribution >= 4 is 17.3 Å². The molecular formula is C21H24F2O5. The molecule has 2 saturated carbocycles. The zero-order valence-electron chi connectivity index (χ0n) is 15.9. The minimum atomic E-state index is -1.97. The van der Waals surface area contributed by atoms with Crippen LogP contribution in [0.1, 0.15) is 46.0 Å². The van der Waals surface area contributed by atoms with E-state index in [4.69, 9.17) is 0 Å². The molecule has 4 aliphatic rings. The number of aliphatic hydroxyl groups excluding tert-OH is 1. The number of ketones is 3. The third-order valence-corrected chi connectivity index (χ3v) is 8.31. The molecule has 0 unspecified atom stereocenters. The molecule has 5 nitrogen and oxygen atoms in total. The molecule has 0 saturated heterocycles. The maximum Gasteiger partial charge on any atom is 0.221 e. The van der Waals surface area contributed by atoms with Gasteiger partial charge in [-0.05, 0) is 43.8 Å². The van der Waals surface area contributed by atoms with Crippen LogP contribution in [-0.4, -0.2) is 45.4 Å². The summed E-state index contributed by atoms with van der Waals surface area (Å²) in [5.41, 5.74) is -6.30. The number of aliphatic hydroxyl groups is 2. The predicted octanol–water partition coefficient (Wildman–Crippen LogP) is 2.16. The van der Waals surface area contributed by atoms with Crippen LogP contribution >= 0.6 is 0 Å². The SMILES string of the molecule is C[C@]12CC(=O)C(=O)C=C1C(F)=C[C@H]1[C@@H]3CC[C@](O)(C(=O)CO)[C@@]3(C)CC[C@@]12F. The number of carbonyl (C=O) groups is 3. The lowest BCUT2D eigenvalue weighted by Crippen LogP contribution is -2.63. The summed E-state index contributed by atoms with van der Waals surface area (Å²) < 4.78 is 31.6. The minimum Gasteiger partial charge on any atom is -0.388 e. The molecule has 0 aliphatic heterocycles. The quantitative estimate of drug-likeness (QED) is 0.701. The Morgan fingerprint density at radius 1 is 1.25 bits per heavy atom. The number of Topliss-reactive ketones (excluding diaryl/α,β-unsaturated/α-hetero) is 2. The highest BCUT2D eigenvalue weighted by Crippen LogP contribution is 2.69. The minimum absolute atomic E-state index is 0.0702. The Morgan fingerprint density at radius 2 is 1.93 bits per heavy atom. The van der Waals surface area contributed by atoms with Gasteiger partial charge in [-0.1, -0.05) is 13.8 Å². The first-order chi connectivity index (χ1) is 12.9. The van der Waals surface area contributed by atoms with E-state index < -0.39 is 70.1 Å². The van der Waals surface area contributed by atoms with Gasteiger partial charge >= 0.3 is 0 Å². The summed E-state index contributed by atoms with van der Waals surface area (Å²) >= 11 is 0. The summed E-state index contributed by atoms with van der Waals surface area (Å²) in [6.45, 7) is 2.38. The number of carbonyl (C=O) groups excluding carboxylic acids is 3. The molecule has 0 aromatic heterocycles. The van der Waals surface area contributed by atoms with Crippen LogP contribution in [0.3, 0.4) is 0 Å². The number of rotatable bonds is 2. The molecule has 2 fully saturated rings. The Bertz CT molecular complexity index is 863. The van der Waals surface area contributed by atoms with Crippen molar-refractivity contribution in [3.63, 3.8) is 0 Å². The average Bonchev–Trinajstić information content (AvgIpc) is 2.92. The second kappa shape index (κ2) is 5.66. The van der Waals surface area contributed by atoms with Crippen molar-refractivity contribution < 1.29 is 33.4 Å². The molecule has 0 aromatic rings. The average molecular weight is 394 g/mol. The fourth-order valence-electron chi connectivity index (χ4n) is 6.48. The van der Waals surface area contributed by atoms with Crippen LogP contribution in [0.2, 0.25) is 0 Å². The van der Waals surface area contributed by atoms with Gasteiger partial charge in [0.1, 0.15) is 23.7 Å². The van der Waals surface area contributed by atoms with Gasteiger partial charge in [-0.15, -0.1) is 0 Å². The highest BCUT2D eigenvalue weighted by atomic mass is 19.1. The molecule has 152 valence electrons. The van der Waals surface area contributed by atoms with Gasteiger partial charge in [0.2, 0.25) is 11.6 Å². The zero-order valence-corrected chi connectivity index (χ0v) is 15.9. The summed E-state index contributed by atoms with van der Waals surface area (Å²) in [6, 6.07) is 0.